The zero-order chi connectivity index (χ0) is 11.6. The van der Waals surface area contributed by atoms with Crippen molar-refractivity contribution in [3.05, 3.63) is 0 Å². The Morgan fingerprint density at radius 1 is 1.38 bits per heavy atom. The zero-order valence-electron chi connectivity index (χ0n) is 9.91. The summed E-state index contributed by atoms with van der Waals surface area (Å²) in [7, 11) is 0. The van der Waals surface area contributed by atoms with E-state index < -0.39 is 5.54 Å². The molecule has 2 aliphatic rings. The van der Waals surface area contributed by atoms with Crippen molar-refractivity contribution in [2.75, 3.05) is 13.2 Å². The first kappa shape index (κ1) is 11.9. The Hall–Kier alpha value is -0.610. The average molecular weight is 227 g/mol. The number of esters is 1. The van der Waals surface area contributed by atoms with Crippen LogP contribution in [-0.4, -0.2) is 30.8 Å². The fraction of sp³-hybridized carbons (Fsp3) is 0.917. The normalized spacial score (nSPS) is 24.6. The van der Waals surface area contributed by atoms with Crippen LogP contribution in [0.2, 0.25) is 0 Å². The van der Waals surface area contributed by atoms with Crippen LogP contribution in [0.1, 0.15) is 39.0 Å². The molecular formula is C12H21NO3. The summed E-state index contributed by atoms with van der Waals surface area (Å²) in [4.78, 5) is 11.8. The Kier molecular flexibility index (Phi) is 3.50. The van der Waals surface area contributed by atoms with E-state index in [9.17, 15) is 4.79 Å². The van der Waals surface area contributed by atoms with Gasteiger partial charge in [-0.2, -0.15) is 0 Å². The van der Waals surface area contributed by atoms with Gasteiger partial charge < -0.3 is 15.2 Å². The van der Waals surface area contributed by atoms with Gasteiger partial charge in [0.25, 0.3) is 0 Å². The van der Waals surface area contributed by atoms with E-state index in [1.54, 1.807) is 6.92 Å². The van der Waals surface area contributed by atoms with Gasteiger partial charge >= 0.3 is 5.97 Å². The van der Waals surface area contributed by atoms with Crippen LogP contribution in [0, 0.1) is 5.92 Å². The first-order valence-electron chi connectivity index (χ1n) is 6.24. The van der Waals surface area contributed by atoms with Crippen molar-refractivity contribution in [3.8, 4) is 0 Å². The highest BCUT2D eigenvalue weighted by atomic mass is 16.5. The van der Waals surface area contributed by atoms with Crippen LogP contribution in [0.5, 0.6) is 0 Å². The molecule has 2 saturated carbocycles. The van der Waals surface area contributed by atoms with Crippen LogP contribution in [0.25, 0.3) is 0 Å². The fourth-order valence-corrected chi connectivity index (χ4v) is 2.00. The van der Waals surface area contributed by atoms with E-state index in [1.165, 1.54) is 6.42 Å². The molecule has 0 bridgehead atoms. The molecule has 0 aromatic rings. The Bertz CT molecular complexity index is 261. The maximum atomic E-state index is 11.8. The maximum Gasteiger partial charge on any atom is 0.328 e. The molecular weight excluding hydrogens is 206 g/mol. The smallest absolute Gasteiger partial charge is 0.328 e. The molecule has 0 heterocycles. The Labute approximate surface area is 96.5 Å². The number of hydrogen-bond acceptors (Lipinski definition) is 4. The Morgan fingerprint density at radius 2 is 2.06 bits per heavy atom. The molecule has 4 nitrogen and oxygen atoms in total. The molecule has 92 valence electrons. The standard InChI is InChI=1S/C12H21NO3/c1-2-15-11(14)12(13,9-6-7-9)8-16-10-4-3-5-10/h9-10H,2-8,13H2,1H3. The lowest BCUT2D eigenvalue weighted by atomic mass is 9.93. The van der Waals surface area contributed by atoms with E-state index in [4.69, 9.17) is 15.2 Å². The van der Waals surface area contributed by atoms with E-state index >= 15 is 0 Å². The van der Waals surface area contributed by atoms with Crippen LogP contribution >= 0.6 is 0 Å². The van der Waals surface area contributed by atoms with Crippen LogP contribution in [0.4, 0.5) is 0 Å². The minimum absolute atomic E-state index is 0.256. The number of nitrogens with two attached hydrogens (primary N) is 1. The maximum absolute atomic E-state index is 11.8. The molecule has 1 atom stereocenters. The van der Waals surface area contributed by atoms with Crippen molar-refractivity contribution >= 4 is 5.97 Å². The summed E-state index contributed by atoms with van der Waals surface area (Å²) in [6, 6.07) is 0. The Morgan fingerprint density at radius 3 is 2.50 bits per heavy atom. The topological polar surface area (TPSA) is 61.5 Å². The van der Waals surface area contributed by atoms with Gasteiger partial charge in [0.15, 0.2) is 0 Å². The van der Waals surface area contributed by atoms with Crippen LogP contribution < -0.4 is 5.73 Å². The molecule has 2 fully saturated rings. The monoisotopic (exact) mass is 227 g/mol. The molecule has 2 aliphatic carbocycles. The van der Waals surface area contributed by atoms with Gasteiger partial charge in [-0.1, -0.05) is 0 Å². The van der Waals surface area contributed by atoms with Gasteiger partial charge in [-0.25, -0.2) is 4.79 Å². The quantitative estimate of drug-likeness (QED) is 0.693. The van der Waals surface area contributed by atoms with E-state index in [-0.39, 0.29) is 11.9 Å². The SMILES string of the molecule is CCOC(=O)C(N)(COC1CCC1)C1CC1. The molecule has 4 heteroatoms. The number of hydrogen-bond donors (Lipinski definition) is 1. The second-order valence-electron chi connectivity index (χ2n) is 4.90. The van der Waals surface area contributed by atoms with Crippen molar-refractivity contribution in [2.45, 2.75) is 50.7 Å². The lowest BCUT2D eigenvalue weighted by Crippen LogP contribution is -2.55. The molecule has 0 aromatic heterocycles. The van der Waals surface area contributed by atoms with Crippen LogP contribution in [0.15, 0.2) is 0 Å². The van der Waals surface area contributed by atoms with Crippen LogP contribution in [0.3, 0.4) is 0 Å². The molecule has 2 rings (SSSR count). The summed E-state index contributed by atoms with van der Waals surface area (Å²) < 4.78 is 10.7. The van der Waals surface area contributed by atoms with Gasteiger partial charge in [-0.3, -0.25) is 0 Å². The second-order valence-corrected chi connectivity index (χ2v) is 4.90. The highest BCUT2D eigenvalue weighted by Gasteiger charge is 2.50. The largest absolute Gasteiger partial charge is 0.465 e. The highest BCUT2D eigenvalue weighted by molar-refractivity contribution is 5.81. The third kappa shape index (κ3) is 2.38. The average Bonchev–Trinajstić information content (AvgIpc) is 2.98. The number of carbonyl (C=O) groups excluding carboxylic acids is 1. The van der Waals surface area contributed by atoms with Crippen molar-refractivity contribution in [1.29, 1.82) is 0 Å². The number of carbonyl (C=O) groups is 1. The van der Waals surface area contributed by atoms with Gasteiger partial charge in [0.2, 0.25) is 0 Å². The van der Waals surface area contributed by atoms with E-state index in [0.717, 1.165) is 25.7 Å². The van der Waals surface area contributed by atoms with Gasteiger partial charge in [0, 0.05) is 0 Å². The predicted octanol–water partition coefficient (Wildman–Crippen LogP) is 1.23. The van der Waals surface area contributed by atoms with Gasteiger partial charge in [0.1, 0.15) is 5.54 Å². The summed E-state index contributed by atoms with van der Waals surface area (Å²) in [5.41, 5.74) is 5.26. The minimum atomic E-state index is -0.897. The summed E-state index contributed by atoms with van der Waals surface area (Å²) >= 11 is 0. The molecule has 2 N–H and O–H groups in total. The predicted molar refractivity (Wildman–Crippen MR) is 59.9 cm³/mol. The van der Waals surface area contributed by atoms with E-state index in [1.807, 2.05) is 0 Å². The molecule has 1 unspecified atom stereocenters. The summed E-state index contributed by atoms with van der Waals surface area (Å²) in [5, 5.41) is 0. The molecule has 0 saturated heterocycles. The van der Waals surface area contributed by atoms with Gasteiger partial charge in [-0.05, 0) is 44.9 Å². The summed E-state index contributed by atoms with van der Waals surface area (Å²) in [6.45, 7) is 2.51. The second kappa shape index (κ2) is 4.72. The highest BCUT2D eigenvalue weighted by Crippen LogP contribution is 2.39. The number of ether oxygens (including phenoxy) is 2. The first-order chi connectivity index (χ1) is 7.66. The van der Waals surface area contributed by atoms with Gasteiger partial charge in [0.05, 0.1) is 19.3 Å². The lowest BCUT2D eigenvalue weighted by Gasteiger charge is -2.32. The van der Waals surface area contributed by atoms with Gasteiger partial charge in [-0.15, -0.1) is 0 Å². The molecule has 0 amide bonds. The molecule has 16 heavy (non-hydrogen) atoms. The van der Waals surface area contributed by atoms with Crippen molar-refractivity contribution in [3.63, 3.8) is 0 Å². The van der Waals surface area contributed by atoms with E-state index in [2.05, 4.69) is 0 Å². The fourth-order valence-electron chi connectivity index (χ4n) is 2.00. The third-order valence-electron chi connectivity index (χ3n) is 3.57. The zero-order valence-corrected chi connectivity index (χ0v) is 9.91. The number of rotatable bonds is 6. The minimum Gasteiger partial charge on any atom is -0.465 e. The molecule has 0 aliphatic heterocycles. The Balaban J connectivity index is 1.88. The van der Waals surface area contributed by atoms with Crippen molar-refractivity contribution in [2.24, 2.45) is 11.7 Å². The molecule has 0 aromatic carbocycles. The lowest BCUT2D eigenvalue weighted by molar-refractivity contribution is -0.155. The molecule has 0 radical (unpaired) electrons. The third-order valence-corrected chi connectivity index (χ3v) is 3.57. The van der Waals surface area contributed by atoms with Crippen molar-refractivity contribution < 1.29 is 14.3 Å². The van der Waals surface area contributed by atoms with Crippen LogP contribution in [-0.2, 0) is 14.3 Å². The van der Waals surface area contributed by atoms with Crippen molar-refractivity contribution in [1.82, 2.24) is 0 Å². The summed E-state index contributed by atoms with van der Waals surface area (Å²) in [6.07, 6.45) is 5.78. The first-order valence-corrected chi connectivity index (χ1v) is 6.24. The molecule has 0 spiro atoms. The summed E-state index contributed by atoms with van der Waals surface area (Å²) in [5.74, 6) is -0.0385. The van der Waals surface area contributed by atoms with E-state index in [0.29, 0.717) is 19.3 Å².